The predicted molar refractivity (Wildman–Crippen MR) is 139 cm³/mol. The van der Waals surface area contributed by atoms with Gasteiger partial charge in [-0.2, -0.15) is 0 Å². The van der Waals surface area contributed by atoms with Crippen LogP contribution in [0.4, 0.5) is 10.5 Å². The van der Waals surface area contributed by atoms with Crippen LogP contribution in [-0.4, -0.2) is 35.6 Å². The van der Waals surface area contributed by atoms with Gasteiger partial charge in [-0.05, 0) is 65.4 Å². The number of hydrogen-bond acceptors (Lipinski definition) is 6. The van der Waals surface area contributed by atoms with Crippen LogP contribution in [0.5, 0.6) is 11.5 Å². The molecule has 0 saturated carbocycles. The average molecular weight is 553 g/mol. The molecule has 1 N–H and O–H groups in total. The number of thioether (sulfide) groups is 1. The molecular formula is C26H21BrN2O5S. The fourth-order valence-corrected chi connectivity index (χ4v) is 4.39. The highest BCUT2D eigenvalue weighted by Crippen LogP contribution is 2.35. The number of halogens is 1. The number of carbonyl (C=O) groups excluding carboxylic acids is 3. The second-order valence-corrected chi connectivity index (χ2v) is 9.42. The number of nitrogens with one attached hydrogen (secondary N) is 1. The number of rotatable bonds is 8. The Morgan fingerprint density at radius 1 is 1.03 bits per heavy atom. The van der Waals surface area contributed by atoms with Crippen LogP contribution in [0.1, 0.15) is 11.1 Å². The first-order chi connectivity index (χ1) is 16.9. The van der Waals surface area contributed by atoms with Gasteiger partial charge in [0.2, 0.25) is 5.91 Å². The van der Waals surface area contributed by atoms with E-state index in [1.165, 1.54) is 0 Å². The molecule has 3 aromatic carbocycles. The number of anilines is 1. The minimum absolute atomic E-state index is 0.228. The summed E-state index contributed by atoms with van der Waals surface area (Å²) in [4.78, 5) is 38.7. The molecule has 0 atom stereocenters. The molecule has 9 heteroatoms. The molecule has 178 valence electrons. The van der Waals surface area contributed by atoms with Crippen molar-refractivity contribution in [1.29, 1.82) is 0 Å². The average Bonchev–Trinajstić information content (AvgIpc) is 3.11. The first-order valence-corrected chi connectivity index (χ1v) is 12.2. The van der Waals surface area contributed by atoms with Crippen molar-refractivity contribution in [2.24, 2.45) is 0 Å². The molecule has 3 aromatic rings. The van der Waals surface area contributed by atoms with Gasteiger partial charge >= 0.3 is 0 Å². The molecule has 0 aromatic heterocycles. The van der Waals surface area contributed by atoms with E-state index >= 15 is 0 Å². The van der Waals surface area contributed by atoms with E-state index < -0.39 is 17.1 Å². The molecular weight excluding hydrogens is 532 g/mol. The second kappa shape index (κ2) is 11.2. The minimum atomic E-state index is -0.517. The van der Waals surface area contributed by atoms with Crippen LogP contribution in [0.2, 0.25) is 0 Å². The van der Waals surface area contributed by atoms with Crippen molar-refractivity contribution in [3.63, 3.8) is 0 Å². The van der Waals surface area contributed by atoms with Crippen molar-refractivity contribution < 1.29 is 23.9 Å². The van der Waals surface area contributed by atoms with Gasteiger partial charge in [-0.25, -0.2) is 0 Å². The molecule has 1 saturated heterocycles. The van der Waals surface area contributed by atoms with Gasteiger partial charge in [-0.3, -0.25) is 19.3 Å². The first-order valence-electron chi connectivity index (χ1n) is 10.6. The third kappa shape index (κ3) is 6.32. The van der Waals surface area contributed by atoms with E-state index in [0.29, 0.717) is 29.4 Å². The lowest BCUT2D eigenvalue weighted by Crippen LogP contribution is -2.36. The zero-order valence-electron chi connectivity index (χ0n) is 18.7. The molecule has 3 amide bonds. The maximum Gasteiger partial charge on any atom is 0.294 e. The van der Waals surface area contributed by atoms with Gasteiger partial charge in [0.15, 0.2) is 11.5 Å². The number of para-hydroxylation sites is 1. The Morgan fingerprint density at radius 3 is 2.49 bits per heavy atom. The van der Waals surface area contributed by atoms with Crippen molar-refractivity contribution >= 4 is 56.5 Å². The SMILES string of the molecule is COc1ccc(/C=C2\SC(=O)N(CC(=O)Nc3ccccc3)C2=O)cc1OCc1ccc(Br)cc1. The van der Waals surface area contributed by atoms with Crippen LogP contribution < -0.4 is 14.8 Å². The molecule has 35 heavy (non-hydrogen) atoms. The highest BCUT2D eigenvalue weighted by Gasteiger charge is 2.36. The molecule has 1 aliphatic heterocycles. The van der Waals surface area contributed by atoms with E-state index in [0.717, 1.165) is 26.7 Å². The van der Waals surface area contributed by atoms with Gasteiger partial charge < -0.3 is 14.8 Å². The Kier molecular flexibility index (Phi) is 7.89. The van der Waals surface area contributed by atoms with Crippen LogP contribution in [0, 0.1) is 0 Å². The van der Waals surface area contributed by atoms with Crippen LogP contribution in [0.15, 0.2) is 82.2 Å². The van der Waals surface area contributed by atoms with Crippen molar-refractivity contribution in [2.75, 3.05) is 19.0 Å². The van der Waals surface area contributed by atoms with Crippen LogP contribution >= 0.6 is 27.7 Å². The Bertz CT molecular complexity index is 1280. The van der Waals surface area contributed by atoms with E-state index in [2.05, 4.69) is 21.2 Å². The summed E-state index contributed by atoms with van der Waals surface area (Å²) in [6, 6.07) is 21.9. The van der Waals surface area contributed by atoms with Crippen molar-refractivity contribution in [1.82, 2.24) is 4.90 Å². The third-order valence-electron chi connectivity index (χ3n) is 5.03. The fourth-order valence-electron chi connectivity index (χ4n) is 3.29. The summed E-state index contributed by atoms with van der Waals surface area (Å²) in [6.07, 6.45) is 1.60. The van der Waals surface area contributed by atoms with Gasteiger partial charge in [-0.15, -0.1) is 0 Å². The summed E-state index contributed by atoms with van der Waals surface area (Å²) in [5.74, 6) is 0.0831. The number of carbonyl (C=O) groups is 3. The van der Waals surface area contributed by atoms with Gasteiger partial charge in [-0.1, -0.05) is 52.3 Å². The molecule has 7 nitrogen and oxygen atoms in total. The Morgan fingerprint density at radius 2 is 1.77 bits per heavy atom. The zero-order chi connectivity index (χ0) is 24.8. The summed E-state index contributed by atoms with van der Waals surface area (Å²) in [6.45, 7) is -0.0266. The van der Waals surface area contributed by atoms with Crippen molar-refractivity contribution in [3.8, 4) is 11.5 Å². The maximum absolute atomic E-state index is 12.8. The standard InChI is InChI=1S/C26H21BrN2O5S/c1-33-21-12-9-18(13-22(21)34-16-17-7-10-19(27)11-8-17)14-23-25(31)29(26(32)35-23)15-24(30)28-20-5-3-2-4-6-20/h2-14H,15-16H2,1H3,(H,28,30)/b23-14-. The summed E-state index contributed by atoms with van der Waals surface area (Å²) in [5, 5.41) is 2.18. The first kappa shape index (κ1) is 24.6. The van der Waals surface area contributed by atoms with Crippen LogP contribution in [0.3, 0.4) is 0 Å². The summed E-state index contributed by atoms with van der Waals surface area (Å²) in [7, 11) is 1.55. The Balaban J connectivity index is 1.45. The number of hydrogen-bond donors (Lipinski definition) is 1. The molecule has 0 aliphatic carbocycles. The monoisotopic (exact) mass is 552 g/mol. The molecule has 1 fully saturated rings. The van der Waals surface area contributed by atoms with E-state index in [-0.39, 0.29) is 11.4 Å². The lowest BCUT2D eigenvalue weighted by Gasteiger charge is -2.13. The van der Waals surface area contributed by atoms with E-state index in [9.17, 15) is 14.4 Å². The highest BCUT2D eigenvalue weighted by atomic mass is 79.9. The number of benzene rings is 3. The Labute approximate surface area is 215 Å². The Hall–Kier alpha value is -3.56. The lowest BCUT2D eigenvalue weighted by molar-refractivity contribution is -0.127. The van der Waals surface area contributed by atoms with Crippen LogP contribution in [0.25, 0.3) is 6.08 Å². The largest absolute Gasteiger partial charge is 0.493 e. The van der Waals surface area contributed by atoms with Gasteiger partial charge in [0.25, 0.3) is 11.1 Å². The molecule has 0 spiro atoms. The van der Waals surface area contributed by atoms with Gasteiger partial charge in [0.05, 0.1) is 12.0 Å². The number of methoxy groups -OCH3 is 1. The molecule has 0 unspecified atom stereocenters. The molecule has 4 rings (SSSR count). The predicted octanol–water partition coefficient (Wildman–Crippen LogP) is 5.71. The van der Waals surface area contributed by atoms with Crippen molar-refractivity contribution in [2.45, 2.75) is 6.61 Å². The molecule has 0 bridgehead atoms. The van der Waals surface area contributed by atoms with E-state index in [1.807, 2.05) is 30.3 Å². The molecule has 0 radical (unpaired) electrons. The minimum Gasteiger partial charge on any atom is -0.493 e. The van der Waals surface area contributed by atoms with E-state index in [4.69, 9.17) is 9.47 Å². The molecule has 1 heterocycles. The summed E-state index contributed by atoms with van der Waals surface area (Å²) < 4.78 is 12.3. The quantitative estimate of drug-likeness (QED) is 0.360. The maximum atomic E-state index is 12.8. The van der Waals surface area contributed by atoms with E-state index in [1.54, 1.807) is 55.7 Å². The normalized spacial score (nSPS) is 14.3. The van der Waals surface area contributed by atoms with Gasteiger partial charge in [0.1, 0.15) is 13.2 Å². The lowest BCUT2D eigenvalue weighted by atomic mass is 10.1. The molecule has 1 aliphatic rings. The topological polar surface area (TPSA) is 84.9 Å². The highest BCUT2D eigenvalue weighted by molar-refractivity contribution is 9.10. The van der Waals surface area contributed by atoms with Gasteiger partial charge in [0, 0.05) is 10.2 Å². The second-order valence-electron chi connectivity index (χ2n) is 7.51. The smallest absolute Gasteiger partial charge is 0.294 e. The number of nitrogens with zero attached hydrogens (tertiary/aromatic N) is 1. The number of ether oxygens (including phenoxy) is 2. The number of imide groups is 1. The van der Waals surface area contributed by atoms with Crippen molar-refractivity contribution in [3.05, 3.63) is 93.3 Å². The van der Waals surface area contributed by atoms with Crippen LogP contribution in [-0.2, 0) is 16.2 Å². The zero-order valence-corrected chi connectivity index (χ0v) is 21.1. The third-order valence-corrected chi connectivity index (χ3v) is 6.46. The fraction of sp³-hybridized carbons (Fsp3) is 0.115. The number of amides is 3. The summed E-state index contributed by atoms with van der Waals surface area (Å²) in [5.41, 5.74) is 2.24. The summed E-state index contributed by atoms with van der Waals surface area (Å²) >= 11 is 4.20.